The van der Waals surface area contributed by atoms with Crippen LogP contribution in [0.5, 0.6) is 0 Å². The Balaban J connectivity index is 1.64. The van der Waals surface area contributed by atoms with Crippen LogP contribution in [-0.4, -0.2) is 26.3 Å². The standard InChI is InChI=1S/C22H27ClN2O2S/c1-25-21-13-17-7-6-16(14-22(8-3-9-22)28(24,26)27)12-19(17)20(21)11-15-4-2-5-18(23)10-15/h2,4-7,10,12,20-21,25H,3,8-9,11,13-14H2,1H3,(H2,24,26,27). The van der Waals surface area contributed by atoms with Crippen molar-refractivity contribution in [1.82, 2.24) is 5.32 Å². The van der Waals surface area contributed by atoms with E-state index in [1.165, 1.54) is 16.7 Å². The maximum Gasteiger partial charge on any atom is 0.215 e. The maximum atomic E-state index is 12.2. The second kappa shape index (κ2) is 7.45. The van der Waals surface area contributed by atoms with Crippen molar-refractivity contribution in [2.24, 2.45) is 5.14 Å². The van der Waals surface area contributed by atoms with Gasteiger partial charge in [0.05, 0.1) is 4.75 Å². The van der Waals surface area contributed by atoms with Crippen LogP contribution in [-0.2, 0) is 29.3 Å². The van der Waals surface area contributed by atoms with Gasteiger partial charge in [0.1, 0.15) is 0 Å². The molecule has 0 heterocycles. The van der Waals surface area contributed by atoms with Crippen molar-refractivity contribution in [2.45, 2.75) is 55.2 Å². The molecule has 1 saturated carbocycles. The molecule has 0 aromatic heterocycles. The van der Waals surface area contributed by atoms with Crippen molar-refractivity contribution >= 4 is 21.6 Å². The Bertz CT molecular complexity index is 986. The molecule has 2 aromatic carbocycles. The van der Waals surface area contributed by atoms with Crippen molar-refractivity contribution in [1.29, 1.82) is 0 Å². The molecular formula is C22H27ClN2O2S. The van der Waals surface area contributed by atoms with E-state index in [1.807, 2.05) is 25.2 Å². The van der Waals surface area contributed by atoms with Gasteiger partial charge in [-0.1, -0.05) is 48.4 Å². The molecule has 0 bridgehead atoms. The van der Waals surface area contributed by atoms with E-state index >= 15 is 0 Å². The fraction of sp³-hybridized carbons (Fsp3) is 0.455. The van der Waals surface area contributed by atoms with Gasteiger partial charge in [-0.05, 0) is 73.5 Å². The number of halogens is 1. The summed E-state index contributed by atoms with van der Waals surface area (Å²) in [5.74, 6) is 0.338. The number of primary sulfonamides is 1. The zero-order valence-corrected chi connectivity index (χ0v) is 17.7. The summed E-state index contributed by atoms with van der Waals surface area (Å²) in [7, 11) is -1.54. The Morgan fingerprint density at radius 2 is 1.96 bits per heavy atom. The number of fused-ring (bicyclic) bond motifs is 1. The molecular weight excluding hydrogens is 392 g/mol. The molecule has 0 radical (unpaired) electrons. The third-order valence-electron chi connectivity index (χ3n) is 6.65. The Kier molecular flexibility index (Phi) is 5.29. The summed E-state index contributed by atoms with van der Waals surface area (Å²) in [5.41, 5.74) is 4.95. The summed E-state index contributed by atoms with van der Waals surface area (Å²) in [5, 5.41) is 9.79. The lowest BCUT2D eigenvalue weighted by molar-refractivity contribution is 0.334. The van der Waals surface area contributed by atoms with E-state index in [0.717, 1.165) is 29.8 Å². The van der Waals surface area contributed by atoms with Gasteiger partial charge in [-0.3, -0.25) is 0 Å². The highest BCUT2D eigenvalue weighted by Gasteiger charge is 2.47. The summed E-state index contributed by atoms with van der Waals surface area (Å²) < 4.78 is 23.6. The van der Waals surface area contributed by atoms with E-state index in [9.17, 15) is 8.42 Å². The van der Waals surface area contributed by atoms with Crippen LogP contribution >= 0.6 is 11.6 Å². The van der Waals surface area contributed by atoms with E-state index in [4.69, 9.17) is 16.7 Å². The number of sulfonamides is 1. The van der Waals surface area contributed by atoms with Gasteiger partial charge < -0.3 is 5.32 Å². The van der Waals surface area contributed by atoms with Crippen molar-refractivity contribution in [3.8, 4) is 0 Å². The zero-order valence-electron chi connectivity index (χ0n) is 16.1. The van der Waals surface area contributed by atoms with Gasteiger partial charge in [0.2, 0.25) is 10.0 Å². The van der Waals surface area contributed by atoms with E-state index in [1.54, 1.807) is 0 Å². The second-order valence-electron chi connectivity index (χ2n) is 8.33. The SMILES string of the molecule is CNC1Cc2ccc(CC3(S(N)(=O)=O)CCC3)cc2C1Cc1cccc(Cl)c1. The van der Waals surface area contributed by atoms with Crippen molar-refractivity contribution in [2.75, 3.05) is 7.05 Å². The average molecular weight is 419 g/mol. The molecule has 150 valence electrons. The normalized spacial score (nSPS) is 23.2. The molecule has 2 aliphatic carbocycles. The average Bonchev–Trinajstić information content (AvgIpc) is 2.94. The zero-order chi connectivity index (χ0) is 19.9. The largest absolute Gasteiger partial charge is 0.316 e. The lowest BCUT2D eigenvalue weighted by Crippen LogP contribution is -2.50. The lowest BCUT2D eigenvalue weighted by Gasteiger charge is -2.39. The summed E-state index contributed by atoms with van der Waals surface area (Å²) in [6.45, 7) is 0. The van der Waals surface area contributed by atoms with Crippen LogP contribution in [0, 0.1) is 0 Å². The number of nitrogens with two attached hydrogens (primary N) is 1. The highest BCUT2D eigenvalue weighted by Crippen LogP contribution is 2.42. The first-order valence-corrected chi connectivity index (χ1v) is 11.8. The molecule has 3 N–H and O–H groups in total. The van der Waals surface area contributed by atoms with Crippen LogP contribution in [0.2, 0.25) is 5.02 Å². The van der Waals surface area contributed by atoms with Gasteiger partial charge >= 0.3 is 0 Å². The molecule has 2 unspecified atom stereocenters. The second-order valence-corrected chi connectivity index (χ2v) is 10.7. The van der Waals surface area contributed by atoms with Gasteiger partial charge in [0, 0.05) is 17.0 Å². The van der Waals surface area contributed by atoms with Crippen LogP contribution in [0.4, 0.5) is 0 Å². The molecule has 28 heavy (non-hydrogen) atoms. The predicted octanol–water partition coefficient (Wildman–Crippen LogP) is 3.56. The molecule has 4 rings (SSSR count). The third-order valence-corrected chi connectivity index (χ3v) is 8.64. The van der Waals surface area contributed by atoms with E-state index in [0.29, 0.717) is 31.2 Å². The number of nitrogens with one attached hydrogen (secondary N) is 1. The first-order chi connectivity index (χ1) is 13.3. The molecule has 0 amide bonds. The number of likely N-dealkylation sites (N-methyl/N-ethyl adjacent to an activating group) is 1. The molecule has 2 aliphatic rings. The number of benzene rings is 2. The quantitative estimate of drug-likeness (QED) is 0.753. The summed E-state index contributed by atoms with van der Waals surface area (Å²) in [6.07, 6.45) is 4.65. The molecule has 6 heteroatoms. The van der Waals surface area contributed by atoms with Crippen LogP contribution in [0.15, 0.2) is 42.5 Å². The molecule has 1 fully saturated rings. The fourth-order valence-electron chi connectivity index (χ4n) is 4.86. The lowest BCUT2D eigenvalue weighted by atomic mass is 9.79. The molecule has 2 atom stereocenters. The molecule has 2 aromatic rings. The summed E-state index contributed by atoms with van der Waals surface area (Å²) in [6, 6.07) is 14.9. The molecule has 0 aliphatic heterocycles. The summed E-state index contributed by atoms with van der Waals surface area (Å²) in [4.78, 5) is 0. The first-order valence-electron chi connectivity index (χ1n) is 9.87. The smallest absolute Gasteiger partial charge is 0.215 e. The molecule has 0 spiro atoms. The number of hydrogen-bond donors (Lipinski definition) is 2. The summed E-state index contributed by atoms with van der Waals surface area (Å²) >= 11 is 6.18. The third kappa shape index (κ3) is 3.61. The fourth-order valence-corrected chi connectivity index (χ4v) is 6.30. The van der Waals surface area contributed by atoms with Crippen LogP contribution < -0.4 is 10.5 Å². The molecule has 0 saturated heterocycles. The minimum absolute atomic E-state index is 0.338. The Labute approximate surface area is 172 Å². The topological polar surface area (TPSA) is 72.2 Å². The Hall–Kier alpha value is -1.40. The van der Waals surface area contributed by atoms with Crippen LogP contribution in [0.3, 0.4) is 0 Å². The maximum absolute atomic E-state index is 12.2. The van der Waals surface area contributed by atoms with Crippen molar-refractivity contribution in [3.05, 3.63) is 69.7 Å². The van der Waals surface area contributed by atoms with Crippen molar-refractivity contribution in [3.63, 3.8) is 0 Å². The van der Waals surface area contributed by atoms with Gasteiger partial charge in [-0.25, -0.2) is 13.6 Å². The van der Waals surface area contributed by atoms with E-state index < -0.39 is 14.8 Å². The Morgan fingerprint density at radius 1 is 1.18 bits per heavy atom. The van der Waals surface area contributed by atoms with Crippen LogP contribution in [0.25, 0.3) is 0 Å². The monoisotopic (exact) mass is 418 g/mol. The van der Waals surface area contributed by atoms with E-state index in [-0.39, 0.29) is 0 Å². The predicted molar refractivity (Wildman–Crippen MR) is 114 cm³/mol. The molecule has 4 nitrogen and oxygen atoms in total. The minimum Gasteiger partial charge on any atom is -0.316 e. The van der Waals surface area contributed by atoms with Gasteiger partial charge in [0.25, 0.3) is 0 Å². The highest BCUT2D eigenvalue weighted by molar-refractivity contribution is 7.90. The van der Waals surface area contributed by atoms with Gasteiger partial charge in [-0.15, -0.1) is 0 Å². The van der Waals surface area contributed by atoms with Gasteiger partial charge in [-0.2, -0.15) is 0 Å². The highest BCUT2D eigenvalue weighted by atomic mass is 35.5. The number of rotatable bonds is 6. The first kappa shape index (κ1) is 19.9. The van der Waals surface area contributed by atoms with Gasteiger partial charge in [0.15, 0.2) is 0 Å². The minimum atomic E-state index is -3.55. The van der Waals surface area contributed by atoms with E-state index in [2.05, 4.69) is 29.6 Å². The Morgan fingerprint density at radius 3 is 2.57 bits per heavy atom. The number of hydrogen-bond acceptors (Lipinski definition) is 3. The van der Waals surface area contributed by atoms with Crippen molar-refractivity contribution < 1.29 is 8.42 Å². The van der Waals surface area contributed by atoms with Crippen LogP contribution in [0.1, 0.15) is 47.4 Å².